The van der Waals surface area contributed by atoms with E-state index in [-0.39, 0.29) is 11.8 Å². The van der Waals surface area contributed by atoms with Gasteiger partial charge in [0, 0.05) is 28.6 Å². The van der Waals surface area contributed by atoms with Crippen molar-refractivity contribution in [3.05, 3.63) is 88.3 Å². The lowest BCUT2D eigenvalue weighted by atomic mass is 9.99. The highest BCUT2D eigenvalue weighted by Gasteiger charge is 2.14. The van der Waals surface area contributed by atoms with Crippen molar-refractivity contribution in [2.75, 3.05) is 0 Å². The molecule has 0 aliphatic rings. The molecular weight excluding hydrogens is 326 g/mol. The van der Waals surface area contributed by atoms with Gasteiger partial charge < -0.3 is 14.8 Å². The lowest BCUT2D eigenvalue weighted by molar-refractivity contribution is -0.707. The highest BCUT2D eigenvalue weighted by molar-refractivity contribution is 5.86. The molecule has 4 aromatic rings. The van der Waals surface area contributed by atoms with Gasteiger partial charge in [0.1, 0.15) is 23.9 Å². The lowest BCUT2D eigenvalue weighted by Gasteiger charge is -2.14. The minimum Gasteiger partial charge on any atom is -0.508 e. The second-order valence-electron chi connectivity index (χ2n) is 6.57. The van der Waals surface area contributed by atoms with Crippen molar-refractivity contribution in [3.8, 4) is 5.75 Å². The first-order chi connectivity index (χ1) is 12.6. The van der Waals surface area contributed by atoms with E-state index >= 15 is 0 Å². The summed E-state index contributed by atoms with van der Waals surface area (Å²) in [6, 6.07) is 21.4. The van der Waals surface area contributed by atoms with Crippen molar-refractivity contribution in [2.24, 2.45) is 0 Å². The Balaban J connectivity index is 1.65. The Labute approximate surface area is 150 Å². The third-order valence-corrected chi connectivity index (χ3v) is 4.82. The molecule has 0 bridgehead atoms. The predicted molar refractivity (Wildman–Crippen MR) is 102 cm³/mol. The number of aromatic hydroxyl groups is 1. The van der Waals surface area contributed by atoms with Gasteiger partial charge in [-0.15, -0.1) is 0 Å². The number of rotatable bonds is 4. The van der Waals surface area contributed by atoms with Crippen LogP contribution >= 0.6 is 0 Å². The van der Waals surface area contributed by atoms with Gasteiger partial charge in [-0.05, 0) is 29.8 Å². The molecule has 0 unspecified atom stereocenters. The van der Waals surface area contributed by atoms with Crippen LogP contribution in [-0.4, -0.2) is 5.11 Å². The molecule has 0 spiro atoms. The van der Waals surface area contributed by atoms with Gasteiger partial charge >= 0.3 is 5.63 Å². The summed E-state index contributed by atoms with van der Waals surface area (Å²) in [7, 11) is 0. The highest BCUT2D eigenvalue weighted by atomic mass is 16.4. The topological polar surface area (TPSA) is 67.0 Å². The summed E-state index contributed by atoms with van der Waals surface area (Å²) in [5.74, 6) is 0.0888. The number of phenolic OH excluding ortho intramolecular Hbond substituents is 1. The minimum atomic E-state index is -0.399. The first kappa shape index (κ1) is 16.4. The number of nitrogens with two attached hydrogens (primary N) is 1. The van der Waals surface area contributed by atoms with Gasteiger partial charge in [-0.1, -0.05) is 42.5 Å². The molecule has 1 atom stereocenters. The standard InChI is InChI=1S/C22H19NO3/c1-14(18-8-4-6-15-5-2-3-7-19(15)18)23-13-16-11-22(25)26-21-12-17(24)9-10-20(16)21/h2-12,14,23-24H,13H2,1H3/p+1/t14-/m1/s1. The molecule has 3 aromatic carbocycles. The van der Waals surface area contributed by atoms with Gasteiger partial charge in [0.15, 0.2) is 0 Å². The molecule has 4 nitrogen and oxygen atoms in total. The molecule has 4 heteroatoms. The predicted octanol–water partition coefficient (Wildman–Crippen LogP) is 3.48. The SMILES string of the molecule is C[C@@H]([NH2+]Cc1cc(=O)oc2cc(O)ccc12)c1cccc2ccccc12. The first-order valence-electron chi connectivity index (χ1n) is 8.68. The van der Waals surface area contributed by atoms with E-state index in [0.717, 1.165) is 10.9 Å². The normalized spacial score (nSPS) is 12.5. The van der Waals surface area contributed by atoms with E-state index in [1.54, 1.807) is 12.1 Å². The molecular formula is C22H20NO3+. The molecule has 26 heavy (non-hydrogen) atoms. The van der Waals surface area contributed by atoms with E-state index in [1.807, 2.05) is 6.07 Å². The smallest absolute Gasteiger partial charge is 0.336 e. The zero-order chi connectivity index (χ0) is 18.1. The summed E-state index contributed by atoms with van der Waals surface area (Å²) < 4.78 is 5.20. The van der Waals surface area contributed by atoms with Gasteiger partial charge in [-0.3, -0.25) is 0 Å². The van der Waals surface area contributed by atoms with Crippen LogP contribution in [0.4, 0.5) is 0 Å². The van der Waals surface area contributed by atoms with Gasteiger partial charge in [-0.2, -0.15) is 0 Å². The van der Waals surface area contributed by atoms with Crippen LogP contribution in [0.15, 0.2) is 75.9 Å². The van der Waals surface area contributed by atoms with Crippen LogP contribution in [-0.2, 0) is 6.54 Å². The minimum absolute atomic E-state index is 0.0888. The Morgan fingerprint density at radius 3 is 2.69 bits per heavy atom. The molecule has 0 radical (unpaired) electrons. The van der Waals surface area contributed by atoms with Gasteiger partial charge in [0.2, 0.25) is 0 Å². The van der Waals surface area contributed by atoms with E-state index < -0.39 is 5.63 Å². The molecule has 0 amide bonds. The zero-order valence-electron chi connectivity index (χ0n) is 14.5. The lowest BCUT2D eigenvalue weighted by Crippen LogP contribution is -2.83. The maximum atomic E-state index is 11.8. The van der Waals surface area contributed by atoms with Gasteiger partial charge in [0.05, 0.1) is 0 Å². The van der Waals surface area contributed by atoms with Crippen LogP contribution in [0, 0.1) is 0 Å². The number of hydrogen-bond donors (Lipinski definition) is 2. The van der Waals surface area contributed by atoms with Crippen molar-refractivity contribution in [1.82, 2.24) is 0 Å². The summed E-state index contributed by atoms with van der Waals surface area (Å²) in [5.41, 5.74) is 2.19. The molecule has 1 aromatic heterocycles. The van der Waals surface area contributed by atoms with Crippen LogP contribution < -0.4 is 10.9 Å². The molecule has 0 aliphatic carbocycles. The van der Waals surface area contributed by atoms with E-state index in [9.17, 15) is 9.90 Å². The fourth-order valence-electron chi connectivity index (χ4n) is 3.47. The van der Waals surface area contributed by atoms with Crippen LogP contribution in [0.1, 0.15) is 24.1 Å². The Morgan fingerprint density at radius 1 is 1.00 bits per heavy atom. The molecule has 4 rings (SSSR count). The van der Waals surface area contributed by atoms with Crippen molar-refractivity contribution in [2.45, 2.75) is 19.5 Å². The van der Waals surface area contributed by atoms with Crippen molar-refractivity contribution in [3.63, 3.8) is 0 Å². The Kier molecular flexibility index (Phi) is 4.19. The Bertz CT molecular complexity index is 1140. The third-order valence-electron chi connectivity index (χ3n) is 4.82. The fraction of sp³-hybridized carbons (Fsp3) is 0.136. The number of quaternary nitrogens is 1. The van der Waals surface area contributed by atoms with Crippen LogP contribution in [0.3, 0.4) is 0 Å². The fourth-order valence-corrected chi connectivity index (χ4v) is 3.47. The van der Waals surface area contributed by atoms with Crippen molar-refractivity contribution in [1.29, 1.82) is 0 Å². The van der Waals surface area contributed by atoms with Gasteiger partial charge in [0.25, 0.3) is 0 Å². The average Bonchev–Trinajstić information content (AvgIpc) is 2.64. The summed E-state index contributed by atoms with van der Waals surface area (Å²) in [6.45, 7) is 2.82. The maximum absolute atomic E-state index is 11.8. The molecule has 1 heterocycles. The number of hydrogen-bond acceptors (Lipinski definition) is 3. The molecule has 0 fully saturated rings. The summed E-state index contributed by atoms with van der Waals surface area (Å²) in [6.07, 6.45) is 0. The molecule has 3 N–H and O–H groups in total. The first-order valence-corrected chi connectivity index (χ1v) is 8.68. The molecule has 0 aliphatic heterocycles. The van der Waals surface area contributed by atoms with E-state index in [4.69, 9.17) is 4.42 Å². The second-order valence-corrected chi connectivity index (χ2v) is 6.57. The monoisotopic (exact) mass is 346 g/mol. The quantitative estimate of drug-likeness (QED) is 0.556. The second kappa shape index (κ2) is 6.65. The van der Waals surface area contributed by atoms with Crippen LogP contribution in [0.25, 0.3) is 21.7 Å². The summed E-state index contributed by atoms with van der Waals surface area (Å²) in [5, 5.41) is 15.2. The molecule has 130 valence electrons. The van der Waals surface area contributed by atoms with Crippen LogP contribution in [0.2, 0.25) is 0 Å². The molecule has 0 saturated heterocycles. The average molecular weight is 346 g/mol. The Hall–Kier alpha value is -3.11. The van der Waals surface area contributed by atoms with Crippen molar-refractivity contribution >= 4 is 21.7 Å². The zero-order valence-corrected chi connectivity index (χ0v) is 14.5. The van der Waals surface area contributed by atoms with E-state index in [1.165, 1.54) is 28.5 Å². The summed E-state index contributed by atoms with van der Waals surface area (Å²) in [4.78, 5) is 11.8. The summed E-state index contributed by atoms with van der Waals surface area (Å²) >= 11 is 0. The van der Waals surface area contributed by atoms with Crippen molar-refractivity contribution < 1.29 is 14.8 Å². The maximum Gasteiger partial charge on any atom is 0.336 e. The number of benzene rings is 3. The van der Waals surface area contributed by atoms with Gasteiger partial charge in [-0.25, -0.2) is 4.79 Å². The largest absolute Gasteiger partial charge is 0.508 e. The van der Waals surface area contributed by atoms with Crippen LogP contribution in [0.5, 0.6) is 5.75 Å². The highest BCUT2D eigenvalue weighted by Crippen LogP contribution is 2.23. The number of fused-ring (bicyclic) bond motifs is 2. The van der Waals surface area contributed by atoms with E-state index in [2.05, 4.69) is 48.6 Å². The number of phenols is 1. The van der Waals surface area contributed by atoms with E-state index in [0.29, 0.717) is 12.1 Å². The third kappa shape index (κ3) is 3.07. The Morgan fingerprint density at radius 2 is 1.81 bits per heavy atom. The molecule has 0 saturated carbocycles.